The number of nitrogens with two attached hydrogens (primary N) is 1. The molecule has 0 saturated carbocycles. The van der Waals surface area contributed by atoms with Gasteiger partial charge in [0.25, 0.3) is 5.91 Å². The maximum atomic E-state index is 12.0. The number of anilines is 1. The van der Waals surface area contributed by atoms with Crippen LogP contribution in [0.1, 0.15) is 10.4 Å². The van der Waals surface area contributed by atoms with E-state index in [1.54, 1.807) is 24.3 Å². The van der Waals surface area contributed by atoms with E-state index in [0.717, 1.165) is 0 Å². The summed E-state index contributed by atoms with van der Waals surface area (Å²) in [6.45, 7) is 0. The summed E-state index contributed by atoms with van der Waals surface area (Å²) in [5, 5.41) is 8.05. The lowest BCUT2D eigenvalue weighted by Crippen LogP contribution is -2.14. The van der Waals surface area contributed by atoms with Gasteiger partial charge < -0.3 is 5.32 Å². The number of sulfonamides is 1. The average molecular weight is 311 g/mol. The van der Waals surface area contributed by atoms with Crippen molar-refractivity contribution in [2.24, 2.45) is 5.14 Å². The molecule has 0 saturated heterocycles. The molecule has 104 valence electrons. The molecule has 0 radical (unpaired) electrons. The van der Waals surface area contributed by atoms with Crippen LogP contribution in [0.25, 0.3) is 0 Å². The lowest BCUT2D eigenvalue weighted by atomic mass is 10.2. The van der Waals surface area contributed by atoms with Crippen LogP contribution >= 0.6 is 11.6 Å². The van der Waals surface area contributed by atoms with Gasteiger partial charge in [-0.1, -0.05) is 23.7 Å². The van der Waals surface area contributed by atoms with Gasteiger partial charge in [0, 0.05) is 16.3 Å². The number of hydrogen-bond acceptors (Lipinski definition) is 3. The first kappa shape index (κ1) is 14.5. The van der Waals surface area contributed by atoms with Crippen LogP contribution in [0, 0.1) is 0 Å². The molecule has 2 rings (SSSR count). The van der Waals surface area contributed by atoms with Crippen molar-refractivity contribution in [1.29, 1.82) is 0 Å². The van der Waals surface area contributed by atoms with Gasteiger partial charge in [0.2, 0.25) is 10.0 Å². The molecule has 0 aliphatic heterocycles. The van der Waals surface area contributed by atoms with Gasteiger partial charge in [-0.25, -0.2) is 13.6 Å². The number of carbonyl (C=O) groups excluding carboxylic acids is 1. The summed E-state index contributed by atoms with van der Waals surface area (Å²) >= 11 is 5.80. The Balaban J connectivity index is 2.25. The normalized spacial score (nSPS) is 11.1. The van der Waals surface area contributed by atoms with Crippen molar-refractivity contribution < 1.29 is 13.2 Å². The summed E-state index contributed by atoms with van der Waals surface area (Å²) in [5.74, 6) is -0.390. The lowest BCUT2D eigenvalue weighted by molar-refractivity contribution is 0.102. The molecule has 0 heterocycles. The Morgan fingerprint density at radius 1 is 1.10 bits per heavy atom. The molecular formula is C13H11ClN2O3S. The molecule has 0 unspecified atom stereocenters. The van der Waals surface area contributed by atoms with Crippen molar-refractivity contribution in [3.05, 3.63) is 59.1 Å². The third-order valence-electron chi connectivity index (χ3n) is 2.51. The van der Waals surface area contributed by atoms with Crippen molar-refractivity contribution in [2.45, 2.75) is 4.90 Å². The molecule has 0 fully saturated rings. The highest BCUT2D eigenvalue weighted by atomic mass is 35.5. The van der Waals surface area contributed by atoms with E-state index < -0.39 is 10.0 Å². The summed E-state index contributed by atoms with van der Waals surface area (Å²) in [5.41, 5.74) is 0.708. The third-order valence-corrected chi connectivity index (χ3v) is 3.65. The molecule has 0 aromatic heterocycles. The van der Waals surface area contributed by atoms with Gasteiger partial charge in [0.1, 0.15) is 0 Å². The number of primary sulfonamides is 1. The standard InChI is InChI=1S/C13H11ClN2O3S/c14-10-4-1-3-9(7-10)13(17)16-11-5-2-6-12(8-11)20(15,18)19/h1-8H,(H,16,17)(H2,15,18,19). The molecule has 0 aliphatic rings. The van der Waals surface area contributed by atoms with Gasteiger partial charge in [0.05, 0.1) is 4.90 Å². The molecule has 7 heteroatoms. The van der Waals surface area contributed by atoms with Gasteiger partial charge in [-0.05, 0) is 36.4 Å². The number of nitrogens with one attached hydrogen (secondary N) is 1. The van der Waals surface area contributed by atoms with Crippen LogP contribution in [0.4, 0.5) is 5.69 Å². The Bertz CT molecular complexity index is 760. The number of halogens is 1. The molecule has 2 aromatic carbocycles. The number of amides is 1. The Morgan fingerprint density at radius 2 is 1.80 bits per heavy atom. The second kappa shape index (κ2) is 5.62. The third kappa shape index (κ3) is 3.57. The van der Waals surface area contributed by atoms with E-state index in [1.165, 1.54) is 24.3 Å². The van der Waals surface area contributed by atoms with Crippen LogP contribution in [0.3, 0.4) is 0 Å². The molecule has 20 heavy (non-hydrogen) atoms. The second-order valence-corrected chi connectivity index (χ2v) is 6.04. The fourth-order valence-corrected chi connectivity index (χ4v) is 2.33. The maximum absolute atomic E-state index is 12.0. The number of benzene rings is 2. The van der Waals surface area contributed by atoms with Gasteiger partial charge in [0.15, 0.2) is 0 Å². The van der Waals surface area contributed by atoms with Gasteiger partial charge in [-0.2, -0.15) is 0 Å². The van der Waals surface area contributed by atoms with Gasteiger partial charge >= 0.3 is 0 Å². The van der Waals surface area contributed by atoms with Crippen LogP contribution in [-0.4, -0.2) is 14.3 Å². The highest BCUT2D eigenvalue weighted by molar-refractivity contribution is 7.89. The zero-order valence-electron chi connectivity index (χ0n) is 10.2. The predicted molar refractivity (Wildman–Crippen MR) is 77.2 cm³/mol. The van der Waals surface area contributed by atoms with Crippen molar-refractivity contribution in [1.82, 2.24) is 0 Å². The molecule has 0 atom stereocenters. The highest BCUT2D eigenvalue weighted by Crippen LogP contribution is 2.16. The van der Waals surface area contributed by atoms with Gasteiger partial charge in [-0.3, -0.25) is 4.79 Å². The maximum Gasteiger partial charge on any atom is 0.255 e. The Kier molecular flexibility index (Phi) is 4.08. The first-order valence-electron chi connectivity index (χ1n) is 5.56. The molecule has 0 spiro atoms. The molecule has 0 bridgehead atoms. The van der Waals surface area contributed by atoms with E-state index in [-0.39, 0.29) is 10.8 Å². The summed E-state index contributed by atoms with van der Waals surface area (Å²) in [7, 11) is -3.80. The van der Waals surface area contributed by atoms with Crippen molar-refractivity contribution >= 4 is 33.2 Å². The summed E-state index contributed by atoms with van der Waals surface area (Å²) in [6.07, 6.45) is 0. The molecule has 3 N–H and O–H groups in total. The van der Waals surface area contributed by atoms with Crippen molar-refractivity contribution in [2.75, 3.05) is 5.32 Å². The Hall–Kier alpha value is -1.89. The SMILES string of the molecule is NS(=O)(=O)c1cccc(NC(=O)c2cccc(Cl)c2)c1. The van der Waals surface area contributed by atoms with Crippen LogP contribution in [0.5, 0.6) is 0 Å². The van der Waals surface area contributed by atoms with E-state index in [1.807, 2.05) is 0 Å². The van der Waals surface area contributed by atoms with Crippen molar-refractivity contribution in [3.63, 3.8) is 0 Å². The minimum atomic E-state index is -3.80. The smallest absolute Gasteiger partial charge is 0.255 e. The predicted octanol–water partition coefficient (Wildman–Crippen LogP) is 2.24. The Morgan fingerprint density at radius 3 is 2.45 bits per heavy atom. The molecule has 5 nitrogen and oxygen atoms in total. The van der Waals surface area contributed by atoms with E-state index in [4.69, 9.17) is 16.7 Å². The highest BCUT2D eigenvalue weighted by Gasteiger charge is 2.10. The Labute approximate surface area is 121 Å². The van der Waals surface area contributed by atoms with Gasteiger partial charge in [-0.15, -0.1) is 0 Å². The van der Waals surface area contributed by atoms with E-state index >= 15 is 0 Å². The van der Waals surface area contributed by atoms with Crippen LogP contribution in [0.15, 0.2) is 53.4 Å². The summed E-state index contributed by atoms with van der Waals surface area (Å²) in [6, 6.07) is 12.1. The number of rotatable bonds is 3. The molecule has 1 amide bonds. The zero-order valence-corrected chi connectivity index (χ0v) is 11.8. The minimum Gasteiger partial charge on any atom is -0.322 e. The lowest BCUT2D eigenvalue weighted by Gasteiger charge is -2.07. The first-order chi connectivity index (χ1) is 9.36. The zero-order chi connectivity index (χ0) is 14.8. The van der Waals surface area contributed by atoms with E-state index in [2.05, 4.69) is 5.32 Å². The monoisotopic (exact) mass is 310 g/mol. The number of hydrogen-bond donors (Lipinski definition) is 2. The molecular weight excluding hydrogens is 300 g/mol. The summed E-state index contributed by atoms with van der Waals surface area (Å²) < 4.78 is 22.5. The fourth-order valence-electron chi connectivity index (χ4n) is 1.58. The average Bonchev–Trinajstić information content (AvgIpc) is 2.38. The van der Waals surface area contributed by atoms with Crippen LogP contribution in [-0.2, 0) is 10.0 Å². The van der Waals surface area contributed by atoms with E-state index in [0.29, 0.717) is 16.3 Å². The second-order valence-electron chi connectivity index (χ2n) is 4.04. The van der Waals surface area contributed by atoms with Crippen LogP contribution in [0.2, 0.25) is 5.02 Å². The van der Waals surface area contributed by atoms with E-state index in [9.17, 15) is 13.2 Å². The van der Waals surface area contributed by atoms with Crippen molar-refractivity contribution in [3.8, 4) is 0 Å². The fraction of sp³-hybridized carbons (Fsp3) is 0. The molecule has 0 aliphatic carbocycles. The first-order valence-corrected chi connectivity index (χ1v) is 7.48. The topological polar surface area (TPSA) is 89.3 Å². The number of carbonyl (C=O) groups is 1. The summed E-state index contributed by atoms with van der Waals surface area (Å²) in [4.78, 5) is 11.9. The largest absolute Gasteiger partial charge is 0.322 e. The van der Waals surface area contributed by atoms with Crippen LogP contribution < -0.4 is 10.5 Å². The minimum absolute atomic E-state index is 0.0682. The quantitative estimate of drug-likeness (QED) is 0.911. The molecule has 2 aromatic rings.